The summed E-state index contributed by atoms with van der Waals surface area (Å²) in [6.45, 7) is 6.62. The molecule has 0 N–H and O–H groups in total. The Labute approximate surface area is 78.6 Å². The van der Waals surface area contributed by atoms with Crippen LogP contribution in [0.4, 0.5) is 0 Å². The molecule has 0 spiro atoms. The minimum atomic E-state index is -0.340. The molecule has 12 heavy (non-hydrogen) atoms. The standard InChI is InChI=1S/C9H22O2Si/c1-5-6-9(10-4)11-12-7-8(2)3/h8-9H,5-7,12H2,1-4H3. The van der Waals surface area contributed by atoms with Gasteiger partial charge in [0.25, 0.3) is 0 Å². The summed E-state index contributed by atoms with van der Waals surface area (Å²) >= 11 is 0. The van der Waals surface area contributed by atoms with Crippen LogP contribution in [0.25, 0.3) is 0 Å². The second-order valence-corrected chi connectivity index (χ2v) is 4.83. The molecule has 0 aromatic heterocycles. The maximum absolute atomic E-state index is 5.66. The van der Waals surface area contributed by atoms with E-state index >= 15 is 0 Å². The SMILES string of the molecule is CCCC(OC)O[SiH2]CC(C)C. The van der Waals surface area contributed by atoms with Crippen molar-refractivity contribution in [3.8, 4) is 0 Å². The van der Waals surface area contributed by atoms with Gasteiger partial charge < -0.3 is 9.16 Å². The average molecular weight is 190 g/mol. The predicted octanol–water partition coefficient (Wildman–Crippen LogP) is 1.93. The van der Waals surface area contributed by atoms with Gasteiger partial charge in [0.05, 0.1) is 0 Å². The Balaban J connectivity index is 3.31. The van der Waals surface area contributed by atoms with Gasteiger partial charge in [0.1, 0.15) is 6.29 Å². The lowest BCUT2D eigenvalue weighted by Gasteiger charge is -2.16. The van der Waals surface area contributed by atoms with Crippen LogP contribution >= 0.6 is 0 Å². The van der Waals surface area contributed by atoms with Gasteiger partial charge in [0.15, 0.2) is 9.76 Å². The van der Waals surface area contributed by atoms with E-state index in [1.54, 1.807) is 7.11 Å². The van der Waals surface area contributed by atoms with Crippen LogP contribution in [0, 0.1) is 5.92 Å². The highest BCUT2D eigenvalue weighted by atomic mass is 28.2. The summed E-state index contributed by atoms with van der Waals surface area (Å²) in [5.74, 6) is 0.774. The maximum atomic E-state index is 5.66. The molecule has 2 nitrogen and oxygen atoms in total. The van der Waals surface area contributed by atoms with Crippen LogP contribution in [0.5, 0.6) is 0 Å². The van der Waals surface area contributed by atoms with E-state index in [0.29, 0.717) is 0 Å². The molecule has 1 atom stereocenters. The first-order valence-corrected chi connectivity index (χ1v) is 6.42. The van der Waals surface area contributed by atoms with Crippen molar-refractivity contribution in [1.82, 2.24) is 0 Å². The Morgan fingerprint density at radius 2 is 2.00 bits per heavy atom. The van der Waals surface area contributed by atoms with Crippen LogP contribution in [-0.2, 0) is 9.16 Å². The van der Waals surface area contributed by atoms with Gasteiger partial charge in [-0.15, -0.1) is 0 Å². The predicted molar refractivity (Wildman–Crippen MR) is 55.0 cm³/mol. The molecular formula is C9H22O2Si. The van der Waals surface area contributed by atoms with E-state index in [4.69, 9.17) is 9.16 Å². The van der Waals surface area contributed by atoms with Crippen LogP contribution in [0.3, 0.4) is 0 Å². The molecule has 0 saturated carbocycles. The summed E-state index contributed by atoms with van der Waals surface area (Å²) < 4.78 is 10.8. The minimum absolute atomic E-state index is 0.0698. The van der Waals surface area contributed by atoms with E-state index in [2.05, 4.69) is 20.8 Å². The highest BCUT2D eigenvalue weighted by Crippen LogP contribution is 2.05. The number of ether oxygens (including phenoxy) is 1. The highest BCUT2D eigenvalue weighted by molar-refractivity contribution is 6.27. The molecule has 0 aliphatic heterocycles. The van der Waals surface area contributed by atoms with Crippen LogP contribution < -0.4 is 0 Å². The molecule has 0 aliphatic rings. The Kier molecular flexibility index (Phi) is 7.86. The van der Waals surface area contributed by atoms with E-state index in [1.165, 1.54) is 6.04 Å². The second-order valence-electron chi connectivity index (χ2n) is 3.51. The van der Waals surface area contributed by atoms with Crippen molar-refractivity contribution in [3.05, 3.63) is 0 Å². The normalized spacial score (nSPS) is 14.8. The fourth-order valence-electron chi connectivity index (χ4n) is 0.940. The van der Waals surface area contributed by atoms with Gasteiger partial charge in [0, 0.05) is 7.11 Å². The van der Waals surface area contributed by atoms with E-state index in [1.807, 2.05) is 0 Å². The summed E-state index contributed by atoms with van der Waals surface area (Å²) in [6, 6.07) is 1.25. The smallest absolute Gasteiger partial charge is 0.165 e. The largest absolute Gasteiger partial charge is 0.400 e. The minimum Gasteiger partial charge on any atom is -0.400 e. The zero-order valence-electron chi connectivity index (χ0n) is 8.80. The van der Waals surface area contributed by atoms with Crippen molar-refractivity contribution >= 4 is 9.76 Å². The topological polar surface area (TPSA) is 18.5 Å². The van der Waals surface area contributed by atoms with Gasteiger partial charge in [-0.1, -0.05) is 27.2 Å². The molecule has 0 fully saturated rings. The van der Waals surface area contributed by atoms with Crippen molar-refractivity contribution in [2.45, 2.75) is 45.9 Å². The van der Waals surface area contributed by atoms with Crippen molar-refractivity contribution in [2.75, 3.05) is 7.11 Å². The number of methoxy groups -OCH3 is 1. The van der Waals surface area contributed by atoms with E-state index in [-0.39, 0.29) is 16.1 Å². The third kappa shape index (κ3) is 6.82. The first-order valence-electron chi connectivity index (χ1n) is 4.85. The van der Waals surface area contributed by atoms with E-state index < -0.39 is 0 Å². The van der Waals surface area contributed by atoms with Gasteiger partial charge in [-0.05, 0) is 18.4 Å². The quantitative estimate of drug-likeness (QED) is 0.451. The second kappa shape index (κ2) is 7.77. The Bertz CT molecular complexity index is 96.5. The zero-order chi connectivity index (χ0) is 9.40. The highest BCUT2D eigenvalue weighted by Gasteiger charge is 2.05. The van der Waals surface area contributed by atoms with Crippen LogP contribution in [-0.4, -0.2) is 23.2 Å². The lowest BCUT2D eigenvalue weighted by Crippen LogP contribution is -2.18. The summed E-state index contributed by atoms with van der Waals surface area (Å²) in [7, 11) is 1.39. The molecular weight excluding hydrogens is 168 g/mol. The monoisotopic (exact) mass is 190 g/mol. The summed E-state index contributed by atoms with van der Waals surface area (Å²) in [5.41, 5.74) is 0. The number of rotatable bonds is 7. The molecule has 0 aromatic carbocycles. The lowest BCUT2D eigenvalue weighted by atomic mass is 10.3. The molecule has 0 bridgehead atoms. The Hall–Kier alpha value is 0.137. The molecule has 0 saturated heterocycles. The Morgan fingerprint density at radius 3 is 2.42 bits per heavy atom. The first kappa shape index (κ1) is 12.1. The van der Waals surface area contributed by atoms with Gasteiger partial charge in [0.2, 0.25) is 0 Å². The molecule has 0 heterocycles. The van der Waals surface area contributed by atoms with Gasteiger partial charge in [-0.2, -0.15) is 0 Å². The first-order chi connectivity index (χ1) is 5.70. The van der Waals surface area contributed by atoms with Gasteiger partial charge in [-0.3, -0.25) is 0 Å². The van der Waals surface area contributed by atoms with Crippen LogP contribution in [0.2, 0.25) is 6.04 Å². The molecule has 74 valence electrons. The molecule has 0 radical (unpaired) electrons. The molecule has 3 heteroatoms. The van der Waals surface area contributed by atoms with Crippen molar-refractivity contribution in [1.29, 1.82) is 0 Å². The third-order valence-electron chi connectivity index (χ3n) is 1.79. The van der Waals surface area contributed by atoms with Gasteiger partial charge in [-0.25, -0.2) is 0 Å². The van der Waals surface area contributed by atoms with E-state index in [9.17, 15) is 0 Å². The fraction of sp³-hybridized carbons (Fsp3) is 1.00. The molecule has 1 unspecified atom stereocenters. The summed E-state index contributed by atoms with van der Waals surface area (Å²) in [6.07, 6.45) is 2.23. The average Bonchev–Trinajstić information content (AvgIpc) is 2.02. The third-order valence-corrected chi connectivity index (χ3v) is 3.78. The molecule has 0 aliphatic carbocycles. The van der Waals surface area contributed by atoms with Crippen molar-refractivity contribution < 1.29 is 9.16 Å². The molecule has 0 amide bonds. The zero-order valence-corrected chi connectivity index (χ0v) is 10.2. The Morgan fingerprint density at radius 1 is 1.33 bits per heavy atom. The fourth-order valence-corrected chi connectivity index (χ4v) is 2.11. The lowest BCUT2D eigenvalue weighted by molar-refractivity contribution is -0.0577. The number of hydrogen-bond donors (Lipinski definition) is 0. The van der Waals surface area contributed by atoms with E-state index in [0.717, 1.165) is 18.8 Å². The van der Waals surface area contributed by atoms with Crippen molar-refractivity contribution in [3.63, 3.8) is 0 Å². The summed E-state index contributed by atoms with van der Waals surface area (Å²) in [4.78, 5) is 0. The summed E-state index contributed by atoms with van der Waals surface area (Å²) in [5, 5.41) is 0. The maximum Gasteiger partial charge on any atom is 0.165 e. The molecule has 0 aromatic rings. The molecule has 0 rings (SSSR count). The van der Waals surface area contributed by atoms with Crippen LogP contribution in [0.15, 0.2) is 0 Å². The van der Waals surface area contributed by atoms with Crippen molar-refractivity contribution in [2.24, 2.45) is 5.92 Å². The number of hydrogen-bond acceptors (Lipinski definition) is 2. The van der Waals surface area contributed by atoms with Gasteiger partial charge >= 0.3 is 0 Å². The van der Waals surface area contributed by atoms with Crippen LogP contribution in [0.1, 0.15) is 33.6 Å².